The molecule has 306 valence electrons. The second-order valence-electron chi connectivity index (χ2n) is 17.4. The number of fused-ring (bicyclic) bond motifs is 9. The van der Waals surface area contributed by atoms with Gasteiger partial charge in [-0.1, -0.05) is 146 Å². The molecule has 3 heterocycles. The molecule has 0 saturated carbocycles. The second-order valence-corrected chi connectivity index (χ2v) is 17.4. The molecule has 3 heteroatoms. The van der Waals surface area contributed by atoms with Crippen molar-refractivity contribution in [2.24, 2.45) is 0 Å². The summed E-state index contributed by atoms with van der Waals surface area (Å²) in [7, 11) is 0. The van der Waals surface area contributed by atoms with Crippen molar-refractivity contribution in [1.29, 1.82) is 0 Å². The predicted molar refractivity (Wildman–Crippen MR) is 273 cm³/mol. The fraction of sp³-hybridized carbons (Fsp3) is 0.0323. The minimum atomic E-state index is 0.876. The van der Waals surface area contributed by atoms with E-state index >= 15 is 0 Å². The molecule has 0 radical (unpaired) electrons. The van der Waals surface area contributed by atoms with Crippen LogP contribution in [0.15, 0.2) is 237 Å². The fourth-order valence-corrected chi connectivity index (χ4v) is 10.5. The maximum atomic E-state index is 2.47. The van der Waals surface area contributed by atoms with Crippen LogP contribution in [-0.2, 0) is 12.8 Å². The van der Waals surface area contributed by atoms with E-state index in [0.717, 1.165) is 24.2 Å². The van der Waals surface area contributed by atoms with Crippen LogP contribution in [0.5, 0.6) is 0 Å². The minimum Gasteiger partial charge on any atom is -0.309 e. The Morgan fingerprint density at radius 3 is 1.12 bits per heavy atom. The maximum Gasteiger partial charge on any atom is 0.0561 e. The Labute approximate surface area is 377 Å². The Morgan fingerprint density at radius 1 is 0.215 bits per heavy atom. The van der Waals surface area contributed by atoms with Gasteiger partial charge >= 0.3 is 0 Å². The van der Waals surface area contributed by atoms with Gasteiger partial charge in [0.1, 0.15) is 0 Å². The first kappa shape index (κ1) is 37.2. The van der Waals surface area contributed by atoms with Crippen LogP contribution in [0, 0.1) is 0 Å². The van der Waals surface area contributed by atoms with Crippen LogP contribution in [-0.4, -0.2) is 13.7 Å². The zero-order chi connectivity index (χ0) is 42.8. The number of rotatable bonds is 8. The van der Waals surface area contributed by atoms with Crippen LogP contribution in [0.25, 0.3) is 93.6 Å². The number of hydrogen-bond donors (Lipinski definition) is 0. The topological polar surface area (TPSA) is 14.8 Å². The summed E-state index contributed by atoms with van der Waals surface area (Å²) in [5.41, 5.74) is 18.3. The van der Waals surface area contributed by atoms with Gasteiger partial charge in [-0.2, -0.15) is 0 Å². The SMILES string of the molecule is c1ccc(Cc2ccc3c(c2)c2cc(-c4ccc5c(c4)c4cc(Cc6ccccc6)ccc4n5-c4ccc5c6ccccc6n(-c6ccccc6)c5c4)ccc2n3-c2ccccc2)cc1. The van der Waals surface area contributed by atoms with Crippen LogP contribution in [0.1, 0.15) is 22.3 Å². The third kappa shape index (κ3) is 6.27. The van der Waals surface area contributed by atoms with E-state index in [9.17, 15) is 0 Å². The number of nitrogens with zero attached hydrogens (tertiary/aromatic N) is 3. The molecule has 0 atom stereocenters. The Hall–Kier alpha value is -8.40. The third-order valence-electron chi connectivity index (χ3n) is 13.4. The third-order valence-corrected chi connectivity index (χ3v) is 13.4. The lowest BCUT2D eigenvalue weighted by atomic mass is 9.98. The highest BCUT2D eigenvalue weighted by Gasteiger charge is 2.19. The van der Waals surface area contributed by atoms with Gasteiger partial charge in [-0.25, -0.2) is 0 Å². The summed E-state index contributed by atoms with van der Waals surface area (Å²) in [6.07, 6.45) is 1.77. The Balaban J connectivity index is 1.01. The molecule has 0 aliphatic carbocycles. The summed E-state index contributed by atoms with van der Waals surface area (Å²) in [6.45, 7) is 0. The molecular weight excluding hydrogens is 787 g/mol. The van der Waals surface area contributed by atoms with Crippen molar-refractivity contribution in [2.75, 3.05) is 0 Å². The molecule has 3 nitrogen and oxygen atoms in total. The largest absolute Gasteiger partial charge is 0.309 e. The van der Waals surface area contributed by atoms with Crippen LogP contribution < -0.4 is 0 Å². The smallest absolute Gasteiger partial charge is 0.0561 e. The van der Waals surface area contributed by atoms with Gasteiger partial charge in [0, 0.05) is 49.4 Å². The molecular formula is C62H43N3. The van der Waals surface area contributed by atoms with Gasteiger partial charge in [-0.15, -0.1) is 0 Å². The summed E-state index contributed by atoms with van der Waals surface area (Å²) in [4.78, 5) is 0. The highest BCUT2D eigenvalue weighted by atomic mass is 15.0. The summed E-state index contributed by atoms with van der Waals surface area (Å²) in [5, 5.41) is 7.53. The van der Waals surface area contributed by atoms with Gasteiger partial charge in [0.25, 0.3) is 0 Å². The molecule has 0 amide bonds. The molecule has 3 aromatic heterocycles. The van der Waals surface area contributed by atoms with Crippen LogP contribution in [0.2, 0.25) is 0 Å². The van der Waals surface area contributed by atoms with Crippen molar-refractivity contribution >= 4 is 65.4 Å². The normalized spacial score (nSPS) is 11.8. The standard InChI is InChI=1S/C62H43N3/c1-5-15-42(16-6-1)35-44-25-31-58-53(37-44)55-39-46(27-33-60(55)63(58)48-19-9-3-10-20-48)47-28-34-61-56(40-47)54-38-45(36-43-17-7-2-8-18-43)26-32-59(54)65(61)50-29-30-52-51-23-13-14-24-57(51)64(62(52)41-50)49-21-11-4-12-22-49/h1-34,37-41H,35-36H2. The lowest BCUT2D eigenvalue weighted by Crippen LogP contribution is -1.97. The highest BCUT2D eigenvalue weighted by molar-refractivity contribution is 6.14. The molecule has 0 N–H and O–H groups in total. The van der Waals surface area contributed by atoms with E-state index in [1.807, 2.05) is 0 Å². The number of para-hydroxylation sites is 3. The van der Waals surface area contributed by atoms with Gasteiger partial charge in [0.05, 0.1) is 33.1 Å². The van der Waals surface area contributed by atoms with E-state index in [1.165, 1.54) is 104 Å². The first-order chi connectivity index (χ1) is 32.2. The molecule has 0 fully saturated rings. The van der Waals surface area contributed by atoms with Crippen molar-refractivity contribution in [3.05, 3.63) is 259 Å². The van der Waals surface area contributed by atoms with E-state index in [2.05, 4.69) is 250 Å². The van der Waals surface area contributed by atoms with Gasteiger partial charge < -0.3 is 13.7 Å². The van der Waals surface area contributed by atoms with Crippen LogP contribution in [0.4, 0.5) is 0 Å². The van der Waals surface area contributed by atoms with Crippen molar-refractivity contribution < 1.29 is 0 Å². The number of aromatic nitrogens is 3. The highest BCUT2D eigenvalue weighted by Crippen LogP contribution is 2.41. The van der Waals surface area contributed by atoms with E-state index < -0.39 is 0 Å². The van der Waals surface area contributed by atoms with Gasteiger partial charge in [0.15, 0.2) is 0 Å². The first-order valence-corrected chi connectivity index (χ1v) is 22.6. The molecule has 0 aliphatic heterocycles. The van der Waals surface area contributed by atoms with Gasteiger partial charge in [-0.05, 0) is 137 Å². The van der Waals surface area contributed by atoms with E-state index in [1.54, 1.807) is 0 Å². The van der Waals surface area contributed by atoms with Crippen molar-refractivity contribution in [3.63, 3.8) is 0 Å². The first-order valence-electron chi connectivity index (χ1n) is 22.6. The maximum absolute atomic E-state index is 2.47. The summed E-state index contributed by atoms with van der Waals surface area (Å²) in [5.74, 6) is 0. The summed E-state index contributed by atoms with van der Waals surface area (Å²) in [6, 6.07) is 87.1. The quantitative estimate of drug-likeness (QED) is 0.145. The van der Waals surface area contributed by atoms with Gasteiger partial charge in [-0.3, -0.25) is 0 Å². The Bertz CT molecular complexity index is 3910. The molecule has 0 unspecified atom stereocenters. The molecule has 13 rings (SSSR count). The average Bonchev–Trinajstić information content (AvgIpc) is 3.99. The lowest BCUT2D eigenvalue weighted by Gasteiger charge is -2.12. The zero-order valence-corrected chi connectivity index (χ0v) is 35.8. The van der Waals surface area contributed by atoms with E-state index in [0.29, 0.717) is 0 Å². The van der Waals surface area contributed by atoms with E-state index in [-0.39, 0.29) is 0 Å². The molecule has 10 aromatic carbocycles. The summed E-state index contributed by atoms with van der Waals surface area (Å²) < 4.78 is 7.30. The molecule has 0 aliphatic rings. The molecule has 0 bridgehead atoms. The fourth-order valence-electron chi connectivity index (χ4n) is 10.5. The number of hydrogen-bond acceptors (Lipinski definition) is 0. The summed E-state index contributed by atoms with van der Waals surface area (Å²) >= 11 is 0. The molecule has 13 aromatic rings. The van der Waals surface area contributed by atoms with Gasteiger partial charge in [0.2, 0.25) is 0 Å². The molecule has 0 saturated heterocycles. The Morgan fingerprint density at radius 2 is 0.600 bits per heavy atom. The monoisotopic (exact) mass is 829 g/mol. The van der Waals surface area contributed by atoms with Crippen molar-refractivity contribution in [3.8, 4) is 28.2 Å². The van der Waals surface area contributed by atoms with Crippen LogP contribution >= 0.6 is 0 Å². The molecule has 65 heavy (non-hydrogen) atoms. The average molecular weight is 830 g/mol. The Kier molecular flexibility index (Phi) is 8.67. The predicted octanol–water partition coefficient (Wildman–Crippen LogP) is 15.8. The van der Waals surface area contributed by atoms with Crippen molar-refractivity contribution in [2.45, 2.75) is 12.8 Å². The lowest BCUT2D eigenvalue weighted by molar-refractivity contribution is 1.15. The molecule has 0 spiro atoms. The van der Waals surface area contributed by atoms with Crippen LogP contribution in [0.3, 0.4) is 0 Å². The zero-order valence-electron chi connectivity index (χ0n) is 35.8. The second kappa shape index (κ2) is 15.1. The van der Waals surface area contributed by atoms with E-state index in [4.69, 9.17) is 0 Å². The number of benzene rings is 10. The minimum absolute atomic E-state index is 0.876. The van der Waals surface area contributed by atoms with Crippen molar-refractivity contribution in [1.82, 2.24) is 13.7 Å².